The molecule has 7 heteroatoms. The molecule has 0 aliphatic carbocycles. The minimum atomic E-state index is -3.54. The van der Waals surface area contributed by atoms with E-state index in [-0.39, 0.29) is 11.4 Å². The van der Waals surface area contributed by atoms with Crippen molar-refractivity contribution in [1.82, 2.24) is 14.5 Å². The fraction of sp³-hybridized carbons (Fsp3) is 0.308. The van der Waals surface area contributed by atoms with Crippen molar-refractivity contribution in [3.05, 3.63) is 47.3 Å². The molecule has 2 aromatic rings. The topological polar surface area (TPSA) is 90.0 Å². The maximum atomic E-state index is 12.3. The number of nitrogens with one attached hydrogen (secondary N) is 1. The van der Waals surface area contributed by atoms with E-state index >= 15 is 0 Å². The monoisotopic (exact) mass is 294 g/mol. The van der Waals surface area contributed by atoms with Crippen LogP contribution in [0.15, 0.2) is 35.4 Å². The average molecular weight is 294 g/mol. The summed E-state index contributed by atoms with van der Waals surface area (Å²) in [5, 5.41) is 4.13. The Morgan fingerprint density at radius 3 is 2.65 bits per heavy atom. The maximum absolute atomic E-state index is 12.3. The van der Waals surface area contributed by atoms with Crippen LogP contribution in [0.25, 0.3) is 0 Å². The molecule has 0 saturated heterocycles. The summed E-state index contributed by atoms with van der Waals surface area (Å²) in [4.78, 5) is 0.269. The molecule has 0 fully saturated rings. The van der Waals surface area contributed by atoms with Crippen LogP contribution in [0, 0.1) is 6.92 Å². The van der Waals surface area contributed by atoms with Gasteiger partial charge in [-0.25, -0.2) is 13.1 Å². The molecule has 0 atom stereocenters. The summed E-state index contributed by atoms with van der Waals surface area (Å²) < 4.78 is 28.7. The first-order chi connectivity index (χ1) is 9.42. The lowest BCUT2D eigenvalue weighted by Crippen LogP contribution is -2.24. The van der Waals surface area contributed by atoms with Crippen molar-refractivity contribution in [1.29, 1.82) is 0 Å². The molecular formula is C13H18N4O2S. The van der Waals surface area contributed by atoms with E-state index < -0.39 is 10.0 Å². The van der Waals surface area contributed by atoms with Crippen LogP contribution >= 0.6 is 0 Å². The van der Waals surface area contributed by atoms with Gasteiger partial charge in [0.1, 0.15) is 0 Å². The van der Waals surface area contributed by atoms with E-state index in [1.807, 2.05) is 0 Å². The second-order valence-electron chi connectivity index (χ2n) is 4.61. The lowest BCUT2D eigenvalue weighted by Gasteiger charge is -2.09. The predicted molar refractivity (Wildman–Crippen MR) is 76.3 cm³/mol. The highest BCUT2D eigenvalue weighted by atomic mass is 32.2. The third-order valence-electron chi connectivity index (χ3n) is 2.98. The van der Waals surface area contributed by atoms with Crippen LogP contribution in [0.5, 0.6) is 0 Å². The molecular weight excluding hydrogens is 276 g/mol. The Morgan fingerprint density at radius 1 is 1.35 bits per heavy atom. The zero-order chi connectivity index (χ0) is 14.8. The van der Waals surface area contributed by atoms with Gasteiger partial charge in [0.05, 0.1) is 17.1 Å². The van der Waals surface area contributed by atoms with Crippen molar-refractivity contribution in [2.75, 3.05) is 0 Å². The summed E-state index contributed by atoms with van der Waals surface area (Å²) in [7, 11) is -1.76. The normalized spacial score (nSPS) is 11.8. The zero-order valence-electron chi connectivity index (χ0n) is 11.5. The molecule has 0 unspecified atom stereocenters. The fourth-order valence-electron chi connectivity index (χ4n) is 1.94. The number of aryl methyl sites for hydroxylation is 2. The van der Waals surface area contributed by atoms with Crippen LogP contribution in [0.4, 0.5) is 0 Å². The van der Waals surface area contributed by atoms with Crippen LogP contribution in [0.1, 0.15) is 16.8 Å². The third kappa shape index (κ3) is 3.24. The van der Waals surface area contributed by atoms with E-state index in [0.29, 0.717) is 17.8 Å². The number of hydrogen-bond acceptors (Lipinski definition) is 4. The third-order valence-corrected chi connectivity index (χ3v) is 4.54. The van der Waals surface area contributed by atoms with Crippen LogP contribution in [0.2, 0.25) is 0 Å². The molecule has 0 spiro atoms. The Labute approximate surface area is 118 Å². The molecule has 1 heterocycles. The number of benzene rings is 1. The van der Waals surface area contributed by atoms with E-state index in [4.69, 9.17) is 5.73 Å². The second-order valence-corrected chi connectivity index (χ2v) is 6.34. The molecule has 108 valence electrons. The molecule has 2 rings (SSSR count). The van der Waals surface area contributed by atoms with Crippen LogP contribution in [-0.4, -0.2) is 18.2 Å². The largest absolute Gasteiger partial charge is 0.326 e. The van der Waals surface area contributed by atoms with Gasteiger partial charge in [0, 0.05) is 19.8 Å². The first-order valence-electron chi connectivity index (χ1n) is 6.20. The first-order valence-corrected chi connectivity index (χ1v) is 7.68. The number of hydrogen-bond donors (Lipinski definition) is 2. The SMILES string of the molecule is Cc1cc(CN)ccc1S(=O)(=O)NCc1ccn(C)n1. The van der Waals surface area contributed by atoms with Crippen molar-refractivity contribution in [2.24, 2.45) is 12.8 Å². The highest BCUT2D eigenvalue weighted by Gasteiger charge is 2.17. The van der Waals surface area contributed by atoms with Gasteiger partial charge in [0.2, 0.25) is 10.0 Å². The molecule has 20 heavy (non-hydrogen) atoms. The molecule has 0 radical (unpaired) electrons. The van der Waals surface area contributed by atoms with Gasteiger partial charge in [-0.2, -0.15) is 5.10 Å². The molecule has 3 N–H and O–H groups in total. The first kappa shape index (κ1) is 14.7. The Balaban J connectivity index is 2.18. The molecule has 0 bridgehead atoms. The van der Waals surface area contributed by atoms with Crippen molar-refractivity contribution < 1.29 is 8.42 Å². The minimum absolute atomic E-state index is 0.168. The van der Waals surface area contributed by atoms with Gasteiger partial charge in [0.15, 0.2) is 0 Å². The summed E-state index contributed by atoms with van der Waals surface area (Å²) >= 11 is 0. The summed E-state index contributed by atoms with van der Waals surface area (Å²) in [6.07, 6.45) is 1.77. The quantitative estimate of drug-likeness (QED) is 0.848. The van der Waals surface area contributed by atoms with Crippen molar-refractivity contribution in [3.8, 4) is 0 Å². The molecule has 6 nitrogen and oxygen atoms in total. The molecule has 0 amide bonds. The van der Waals surface area contributed by atoms with Gasteiger partial charge in [-0.1, -0.05) is 12.1 Å². The summed E-state index contributed by atoms with van der Waals surface area (Å²) in [6.45, 7) is 2.32. The Bertz CT molecular complexity index is 707. The molecule has 0 aliphatic rings. The summed E-state index contributed by atoms with van der Waals surface area (Å²) in [6, 6.07) is 6.86. The zero-order valence-corrected chi connectivity index (χ0v) is 12.3. The number of aromatic nitrogens is 2. The van der Waals surface area contributed by atoms with Gasteiger partial charge >= 0.3 is 0 Å². The Kier molecular flexibility index (Phi) is 4.22. The van der Waals surface area contributed by atoms with Gasteiger partial charge in [-0.3, -0.25) is 4.68 Å². The lowest BCUT2D eigenvalue weighted by molar-refractivity contribution is 0.579. The van der Waals surface area contributed by atoms with Crippen LogP contribution < -0.4 is 10.5 Å². The molecule has 0 saturated carbocycles. The second kappa shape index (κ2) is 5.74. The summed E-state index contributed by atoms with van der Waals surface area (Å²) in [5.74, 6) is 0. The van der Waals surface area contributed by atoms with Gasteiger partial charge in [0.25, 0.3) is 0 Å². The van der Waals surface area contributed by atoms with Gasteiger partial charge in [-0.15, -0.1) is 0 Å². The van der Waals surface area contributed by atoms with Gasteiger partial charge < -0.3 is 5.73 Å². The van der Waals surface area contributed by atoms with Gasteiger partial charge in [-0.05, 0) is 30.2 Å². The predicted octanol–water partition coefficient (Wildman–Crippen LogP) is 0.666. The van der Waals surface area contributed by atoms with Crippen LogP contribution in [0.3, 0.4) is 0 Å². The van der Waals surface area contributed by atoms with Crippen LogP contribution in [-0.2, 0) is 30.2 Å². The molecule has 1 aromatic heterocycles. The van der Waals surface area contributed by atoms with E-state index in [1.165, 1.54) is 0 Å². The molecule has 1 aromatic carbocycles. The minimum Gasteiger partial charge on any atom is -0.326 e. The summed E-state index contributed by atoms with van der Waals surface area (Å²) in [5.41, 5.74) is 7.80. The lowest BCUT2D eigenvalue weighted by atomic mass is 10.1. The van der Waals surface area contributed by atoms with E-state index in [2.05, 4.69) is 9.82 Å². The van der Waals surface area contributed by atoms with Crippen molar-refractivity contribution in [3.63, 3.8) is 0 Å². The van der Waals surface area contributed by atoms with Crippen molar-refractivity contribution >= 4 is 10.0 Å². The maximum Gasteiger partial charge on any atom is 0.241 e. The van der Waals surface area contributed by atoms with E-state index in [9.17, 15) is 8.42 Å². The standard InChI is InChI=1S/C13H18N4O2S/c1-10-7-11(8-14)3-4-13(10)20(18,19)15-9-12-5-6-17(2)16-12/h3-7,15H,8-9,14H2,1-2H3. The Hall–Kier alpha value is -1.70. The highest BCUT2D eigenvalue weighted by molar-refractivity contribution is 7.89. The van der Waals surface area contributed by atoms with E-state index in [1.54, 1.807) is 49.1 Å². The molecule has 0 aliphatic heterocycles. The Morgan fingerprint density at radius 2 is 2.10 bits per heavy atom. The average Bonchev–Trinajstić information content (AvgIpc) is 2.82. The fourth-order valence-corrected chi connectivity index (χ4v) is 3.17. The van der Waals surface area contributed by atoms with Crippen molar-refractivity contribution in [2.45, 2.75) is 24.9 Å². The highest BCUT2D eigenvalue weighted by Crippen LogP contribution is 2.16. The number of nitrogens with zero attached hydrogens (tertiary/aromatic N) is 2. The number of nitrogens with two attached hydrogens (primary N) is 1. The van der Waals surface area contributed by atoms with E-state index in [0.717, 1.165) is 5.56 Å². The smallest absolute Gasteiger partial charge is 0.241 e. The number of sulfonamides is 1. The number of rotatable bonds is 5.